The average Bonchev–Trinajstić information content (AvgIpc) is 2.33. The van der Waals surface area contributed by atoms with Crippen molar-refractivity contribution in [3.05, 3.63) is 47.7 Å². The molecule has 0 aliphatic carbocycles. The number of nitrogen functional groups attached to an aromatic ring is 1. The molecule has 0 bridgehead atoms. The smallest absolute Gasteiger partial charge is 0.222 e. The quantitative estimate of drug-likeness (QED) is 0.888. The maximum absolute atomic E-state index is 5.73. The van der Waals surface area contributed by atoms with Crippen molar-refractivity contribution in [2.45, 2.75) is 26.7 Å². The Bertz CT molecular complexity index is 533. The van der Waals surface area contributed by atoms with Gasteiger partial charge >= 0.3 is 0 Å². The van der Waals surface area contributed by atoms with Gasteiger partial charge < -0.3 is 10.5 Å². The number of pyridine rings is 1. The number of anilines is 1. The minimum absolute atomic E-state index is 0.524. The van der Waals surface area contributed by atoms with Gasteiger partial charge in [0.25, 0.3) is 0 Å². The topological polar surface area (TPSA) is 48.1 Å². The molecular weight excluding hydrogens is 224 g/mol. The van der Waals surface area contributed by atoms with Crippen LogP contribution in [0.1, 0.15) is 30.9 Å². The van der Waals surface area contributed by atoms with Gasteiger partial charge in [-0.15, -0.1) is 0 Å². The molecule has 0 unspecified atom stereocenters. The van der Waals surface area contributed by atoms with Crippen molar-refractivity contribution in [2.24, 2.45) is 0 Å². The Labute approximate surface area is 108 Å². The highest BCUT2D eigenvalue weighted by Crippen LogP contribution is 2.25. The minimum Gasteiger partial charge on any atom is -0.439 e. The first-order valence-corrected chi connectivity index (χ1v) is 6.06. The largest absolute Gasteiger partial charge is 0.439 e. The summed E-state index contributed by atoms with van der Waals surface area (Å²) < 4.78 is 5.73. The van der Waals surface area contributed by atoms with Gasteiger partial charge in [-0.05, 0) is 36.6 Å². The molecule has 1 aromatic carbocycles. The summed E-state index contributed by atoms with van der Waals surface area (Å²) in [5, 5.41) is 0. The Morgan fingerprint density at radius 2 is 1.83 bits per heavy atom. The number of aromatic nitrogens is 1. The van der Waals surface area contributed by atoms with Crippen LogP contribution in [0.4, 0.5) is 5.69 Å². The SMILES string of the molecule is Cc1cc(N)cnc1Oc1ccc(C(C)C)cc1. The van der Waals surface area contributed by atoms with Crippen LogP contribution in [0.5, 0.6) is 11.6 Å². The lowest BCUT2D eigenvalue weighted by molar-refractivity contribution is 0.459. The molecule has 0 fully saturated rings. The van der Waals surface area contributed by atoms with E-state index < -0.39 is 0 Å². The van der Waals surface area contributed by atoms with Gasteiger partial charge in [0.05, 0.1) is 11.9 Å². The molecule has 94 valence electrons. The fraction of sp³-hybridized carbons (Fsp3) is 0.267. The van der Waals surface area contributed by atoms with Gasteiger partial charge in [0.15, 0.2) is 0 Å². The van der Waals surface area contributed by atoms with Crippen LogP contribution in [0.3, 0.4) is 0 Å². The van der Waals surface area contributed by atoms with Crippen molar-refractivity contribution in [2.75, 3.05) is 5.73 Å². The van der Waals surface area contributed by atoms with Crippen molar-refractivity contribution in [3.63, 3.8) is 0 Å². The molecule has 0 radical (unpaired) electrons. The molecule has 3 heteroatoms. The highest BCUT2D eigenvalue weighted by Gasteiger charge is 2.04. The zero-order chi connectivity index (χ0) is 13.1. The summed E-state index contributed by atoms with van der Waals surface area (Å²) >= 11 is 0. The molecule has 0 aliphatic heterocycles. The second-order valence-electron chi connectivity index (χ2n) is 4.72. The molecule has 1 aromatic heterocycles. The van der Waals surface area contributed by atoms with E-state index >= 15 is 0 Å². The first kappa shape index (κ1) is 12.4. The Hall–Kier alpha value is -2.03. The Morgan fingerprint density at radius 1 is 1.17 bits per heavy atom. The van der Waals surface area contributed by atoms with Crippen LogP contribution in [0.25, 0.3) is 0 Å². The van der Waals surface area contributed by atoms with Crippen molar-refractivity contribution < 1.29 is 4.74 Å². The van der Waals surface area contributed by atoms with E-state index in [0.29, 0.717) is 17.5 Å². The summed E-state index contributed by atoms with van der Waals surface area (Å²) in [4.78, 5) is 4.18. The lowest BCUT2D eigenvalue weighted by Crippen LogP contribution is -1.94. The standard InChI is InChI=1S/C15H18N2O/c1-10(2)12-4-6-14(7-5-12)18-15-11(3)8-13(16)9-17-15/h4-10H,16H2,1-3H3. The van der Waals surface area contributed by atoms with Crippen LogP contribution in [-0.4, -0.2) is 4.98 Å². The predicted octanol–water partition coefficient (Wildman–Crippen LogP) is 3.89. The molecule has 0 amide bonds. The van der Waals surface area contributed by atoms with Crippen LogP contribution in [0.2, 0.25) is 0 Å². The predicted molar refractivity (Wildman–Crippen MR) is 74.0 cm³/mol. The third-order valence-electron chi connectivity index (χ3n) is 2.81. The summed E-state index contributed by atoms with van der Waals surface area (Å²) in [7, 11) is 0. The lowest BCUT2D eigenvalue weighted by atomic mass is 10.0. The number of hydrogen-bond acceptors (Lipinski definition) is 3. The average molecular weight is 242 g/mol. The van der Waals surface area contributed by atoms with E-state index in [1.54, 1.807) is 6.20 Å². The van der Waals surface area contributed by atoms with E-state index in [0.717, 1.165) is 11.3 Å². The first-order chi connectivity index (χ1) is 8.56. The monoisotopic (exact) mass is 242 g/mol. The molecule has 1 heterocycles. The maximum atomic E-state index is 5.73. The number of nitrogens with two attached hydrogens (primary N) is 1. The fourth-order valence-corrected chi connectivity index (χ4v) is 1.72. The van der Waals surface area contributed by atoms with Crippen LogP contribution < -0.4 is 10.5 Å². The van der Waals surface area contributed by atoms with Crippen LogP contribution in [0, 0.1) is 6.92 Å². The third kappa shape index (κ3) is 2.80. The number of ether oxygens (including phenoxy) is 1. The number of benzene rings is 1. The van der Waals surface area contributed by atoms with Crippen LogP contribution in [-0.2, 0) is 0 Å². The van der Waals surface area contributed by atoms with Crippen LogP contribution in [0.15, 0.2) is 36.5 Å². The van der Waals surface area contributed by atoms with E-state index in [2.05, 4.69) is 31.0 Å². The third-order valence-corrected chi connectivity index (χ3v) is 2.81. The van der Waals surface area contributed by atoms with E-state index in [1.165, 1.54) is 5.56 Å². The van der Waals surface area contributed by atoms with Crippen molar-refractivity contribution in [3.8, 4) is 11.6 Å². The molecule has 0 spiro atoms. The second-order valence-corrected chi connectivity index (χ2v) is 4.72. The van der Waals surface area contributed by atoms with E-state index in [-0.39, 0.29) is 0 Å². The molecule has 0 atom stereocenters. The summed E-state index contributed by atoms with van der Waals surface area (Å²) in [5.41, 5.74) is 8.53. The van der Waals surface area contributed by atoms with Gasteiger partial charge in [0.2, 0.25) is 5.88 Å². The van der Waals surface area contributed by atoms with Gasteiger partial charge in [-0.1, -0.05) is 26.0 Å². The second kappa shape index (κ2) is 5.08. The van der Waals surface area contributed by atoms with Crippen molar-refractivity contribution >= 4 is 5.69 Å². The van der Waals surface area contributed by atoms with Crippen molar-refractivity contribution in [1.82, 2.24) is 4.98 Å². The molecule has 18 heavy (non-hydrogen) atoms. The van der Waals surface area contributed by atoms with Gasteiger partial charge in [0.1, 0.15) is 5.75 Å². The number of nitrogens with zero attached hydrogens (tertiary/aromatic N) is 1. The molecule has 3 nitrogen and oxygen atoms in total. The first-order valence-electron chi connectivity index (χ1n) is 6.06. The summed E-state index contributed by atoms with van der Waals surface area (Å²) in [5.74, 6) is 1.91. The molecule has 0 saturated carbocycles. The van der Waals surface area contributed by atoms with Gasteiger partial charge in [0, 0.05) is 5.56 Å². The molecule has 0 aliphatic rings. The molecule has 2 aromatic rings. The zero-order valence-corrected chi connectivity index (χ0v) is 11.0. The van der Waals surface area contributed by atoms with E-state index in [1.807, 2.05) is 25.1 Å². The van der Waals surface area contributed by atoms with Gasteiger partial charge in [-0.25, -0.2) is 4.98 Å². The van der Waals surface area contributed by atoms with E-state index in [9.17, 15) is 0 Å². The van der Waals surface area contributed by atoms with Crippen LogP contribution >= 0.6 is 0 Å². The molecule has 0 saturated heterocycles. The lowest BCUT2D eigenvalue weighted by Gasteiger charge is -2.09. The summed E-state index contributed by atoms with van der Waals surface area (Å²) in [6.45, 7) is 6.27. The minimum atomic E-state index is 0.524. The Kier molecular flexibility index (Phi) is 3.51. The van der Waals surface area contributed by atoms with Gasteiger partial charge in [-0.3, -0.25) is 0 Å². The molecule has 2 rings (SSSR count). The normalized spacial score (nSPS) is 10.7. The fourth-order valence-electron chi connectivity index (χ4n) is 1.72. The van der Waals surface area contributed by atoms with Gasteiger partial charge in [-0.2, -0.15) is 0 Å². The van der Waals surface area contributed by atoms with E-state index in [4.69, 9.17) is 10.5 Å². The Morgan fingerprint density at radius 3 is 2.39 bits per heavy atom. The zero-order valence-electron chi connectivity index (χ0n) is 11.0. The number of aryl methyl sites for hydroxylation is 1. The Balaban J connectivity index is 2.18. The van der Waals surface area contributed by atoms with Crippen molar-refractivity contribution in [1.29, 1.82) is 0 Å². The summed E-state index contributed by atoms with van der Waals surface area (Å²) in [6.07, 6.45) is 1.60. The number of hydrogen-bond donors (Lipinski definition) is 1. The molecule has 2 N–H and O–H groups in total. The highest BCUT2D eigenvalue weighted by atomic mass is 16.5. The highest BCUT2D eigenvalue weighted by molar-refractivity contribution is 5.43. The molecular formula is C15H18N2O. The number of rotatable bonds is 3. The maximum Gasteiger partial charge on any atom is 0.222 e. The summed E-state index contributed by atoms with van der Waals surface area (Å²) in [6, 6.07) is 9.93.